The van der Waals surface area contributed by atoms with E-state index in [0.717, 1.165) is 35.5 Å². The second-order valence-corrected chi connectivity index (χ2v) is 9.70. The van der Waals surface area contributed by atoms with Crippen LogP contribution in [0.1, 0.15) is 49.6 Å². The first kappa shape index (κ1) is 23.2. The normalized spacial score (nSPS) is 15.8. The topological polar surface area (TPSA) is 69.9 Å². The molecule has 0 unspecified atom stereocenters. The Labute approximate surface area is 200 Å². The van der Waals surface area contributed by atoms with Crippen molar-refractivity contribution in [2.75, 3.05) is 13.7 Å². The molecular weight excluding hydrogens is 456 g/mol. The lowest BCUT2D eigenvalue weighted by molar-refractivity contribution is -0.136. The highest BCUT2D eigenvalue weighted by Crippen LogP contribution is 2.32. The summed E-state index contributed by atoms with van der Waals surface area (Å²) >= 11 is 2.82. The number of nitrogens with zero attached hydrogens (tertiary/aromatic N) is 2. The van der Waals surface area contributed by atoms with Crippen LogP contribution in [0.5, 0.6) is 5.75 Å². The summed E-state index contributed by atoms with van der Waals surface area (Å²) in [6.45, 7) is 4.65. The number of ether oxygens (including phenoxy) is 2. The molecule has 0 radical (unpaired) electrons. The van der Waals surface area contributed by atoms with Gasteiger partial charge in [0.2, 0.25) is 0 Å². The number of aromatic nitrogens is 1. The zero-order chi connectivity index (χ0) is 23.4. The van der Waals surface area contributed by atoms with Crippen LogP contribution < -0.4 is 19.6 Å². The third-order valence-electron chi connectivity index (χ3n) is 5.43. The minimum absolute atomic E-state index is 0.175. The summed E-state index contributed by atoms with van der Waals surface area (Å²) in [4.78, 5) is 32.1. The summed E-state index contributed by atoms with van der Waals surface area (Å²) in [5.74, 6) is 0.346. The Balaban J connectivity index is 1.71. The molecule has 172 valence electrons. The van der Waals surface area contributed by atoms with Crippen LogP contribution in [0, 0.1) is 0 Å². The SMILES string of the molecule is CCCCCOc1ccc(/C=c2/sc3n(c2=O)[C@H](c2cccs2)C(C(=O)OC)=C(C)N=3)cc1. The number of hydrogen-bond acceptors (Lipinski definition) is 7. The Kier molecular flexibility index (Phi) is 7.25. The fraction of sp³-hybridized carbons (Fsp3) is 0.320. The fourth-order valence-corrected chi connectivity index (χ4v) is 5.63. The van der Waals surface area contributed by atoms with E-state index in [2.05, 4.69) is 11.9 Å². The van der Waals surface area contributed by atoms with Gasteiger partial charge in [-0.3, -0.25) is 9.36 Å². The Morgan fingerprint density at radius 2 is 2.00 bits per heavy atom. The molecule has 0 aliphatic carbocycles. The largest absolute Gasteiger partial charge is 0.494 e. The van der Waals surface area contributed by atoms with Crippen molar-refractivity contribution in [2.24, 2.45) is 4.99 Å². The monoisotopic (exact) mass is 482 g/mol. The van der Waals surface area contributed by atoms with Gasteiger partial charge >= 0.3 is 5.97 Å². The number of thiophene rings is 1. The van der Waals surface area contributed by atoms with Gasteiger partial charge in [0.25, 0.3) is 5.56 Å². The van der Waals surface area contributed by atoms with Crippen molar-refractivity contribution >= 4 is 34.7 Å². The van der Waals surface area contributed by atoms with E-state index < -0.39 is 12.0 Å². The number of esters is 1. The van der Waals surface area contributed by atoms with Crippen molar-refractivity contribution in [3.8, 4) is 5.75 Å². The molecule has 0 fully saturated rings. The molecule has 3 heterocycles. The Morgan fingerprint density at radius 3 is 2.67 bits per heavy atom. The first-order chi connectivity index (χ1) is 16.0. The number of fused-ring (bicyclic) bond motifs is 1. The van der Waals surface area contributed by atoms with Gasteiger partial charge in [0.1, 0.15) is 11.8 Å². The number of rotatable bonds is 8. The highest BCUT2D eigenvalue weighted by atomic mass is 32.1. The van der Waals surface area contributed by atoms with Crippen LogP contribution in [0.3, 0.4) is 0 Å². The number of hydrogen-bond donors (Lipinski definition) is 0. The van der Waals surface area contributed by atoms with Gasteiger partial charge < -0.3 is 9.47 Å². The molecule has 0 saturated carbocycles. The van der Waals surface area contributed by atoms with E-state index in [-0.39, 0.29) is 5.56 Å². The van der Waals surface area contributed by atoms with Crippen LogP contribution in [0.15, 0.2) is 62.8 Å². The molecule has 0 amide bonds. The average Bonchev–Trinajstić information content (AvgIpc) is 3.45. The first-order valence-electron chi connectivity index (χ1n) is 10.9. The van der Waals surface area contributed by atoms with Crippen molar-refractivity contribution in [1.82, 2.24) is 4.57 Å². The molecule has 4 rings (SSSR count). The van der Waals surface area contributed by atoms with Crippen LogP contribution in [-0.4, -0.2) is 24.3 Å². The third kappa shape index (κ3) is 4.86. The van der Waals surface area contributed by atoms with E-state index in [1.165, 1.54) is 29.8 Å². The van der Waals surface area contributed by atoms with Gasteiger partial charge in [-0.25, -0.2) is 9.79 Å². The molecule has 1 aromatic carbocycles. The molecule has 0 bridgehead atoms. The predicted octanol–water partition coefficient (Wildman–Crippen LogP) is 4.04. The van der Waals surface area contributed by atoms with Gasteiger partial charge in [0.15, 0.2) is 4.80 Å². The average molecular weight is 483 g/mol. The lowest BCUT2D eigenvalue weighted by Crippen LogP contribution is -2.39. The quantitative estimate of drug-likeness (QED) is 0.359. The van der Waals surface area contributed by atoms with Crippen molar-refractivity contribution in [3.05, 3.63) is 83.2 Å². The number of methoxy groups -OCH3 is 1. The Bertz CT molecular complexity index is 1330. The third-order valence-corrected chi connectivity index (χ3v) is 7.34. The maximum Gasteiger partial charge on any atom is 0.338 e. The van der Waals surface area contributed by atoms with E-state index in [4.69, 9.17) is 9.47 Å². The maximum absolute atomic E-state index is 13.4. The molecule has 1 atom stereocenters. The molecule has 3 aromatic rings. The number of unbranched alkanes of at least 4 members (excludes halogenated alkanes) is 2. The molecule has 1 aliphatic heterocycles. The molecule has 33 heavy (non-hydrogen) atoms. The standard InChI is InChI=1S/C25H26N2O4S2/c1-4-5-6-13-31-18-11-9-17(10-12-18)15-20-23(28)27-22(19-8-7-14-32-19)21(24(29)30-3)16(2)26-25(27)33-20/h7-12,14-15,22H,4-6,13H2,1-3H3/b20-15+/t22-/m1/s1. The van der Waals surface area contributed by atoms with Crippen LogP contribution in [0.4, 0.5) is 0 Å². The second-order valence-electron chi connectivity index (χ2n) is 7.71. The fourth-order valence-electron chi connectivity index (χ4n) is 3.76. The van der Waals surface area contributed by atoms with Crippen molar-refractivity contribution in [3.63, 3.8) is 0 Å². The van der Waals surface area contributed by atoms with Crippen LogP contribution in [-0.2, 0) is 9.53 Å². The number of carbonyl (C=O) groups excluding carboxylic acids is 1. The highest BCUT2D eigenvalue weighted by Gasteiger charge is 2.33. The molecule has 1 aliphatic rings. The molecule has 8 heteroatoms. The minimum atomic E-state index is -0.547. The predicted molar refractivity (Wildman–Crippen MR) is 132 cm³/mol. The molecule has 6 nitrogen and oxygen atoms in total. The van der Waals surface area contributed by atoms with E-state index in [1.807, 2.05) is 47.9 Å². The molecule has 0 saturated heterocycles. The van der Waals surface area contributed by atoms with Crippen LogP contribution >= 0.6 is 22.7 Å². The summed E-state index contributed by atoms with van der Waals surface area (Å²) < 4.78 is 13.0. The summed E-state index contributed by atoms with van der Waals surface area (Å²) in [6, 6.07) is 11.0. The zero-order valence-corrected chi connectivity index (χ0v) is 20.5. The zero-order valence-electron chi connectivity index (χ0n) is 18.9. The van der Waals surface area contributed by atoms with E-state index >= 15 is 0 Å². The summed E-state index contributed by atoms with van der Waals surface area (Å²) in [5, 5.41) is 1.93. The van der Waals surface area contributed by atoms with Crippen LogP contribution in [0.2, 0.25) is 0 Å². The summed E-state index contributed by atoms with van der Waals surface area (Å²) in [5.41, 5.74) is 1.68. The Hall–Kier alpha value is -2.97. The number of allylic oxidation sites excluding steroid dienone is 1. The van der Waals surface area contributed by atoms with Crippen LogP contribution in [0.25, 0.3) is 6.08 Å². The van der Waals surface area contributed by atoms with Crippen molar-refractivity contribution in [1.29, 1.82) is 0 Å². The van der Waals surface area contributed by atoms with Gasteiger partial charge in [-0.05, 0) is 48.6 Å². The van der Waals surface area contributed by atoms with E-state index in [1.54, 1.807) is 11.5 Å². The summed E-state index contributed by atoms with van der Waals surface area (Å²) in [6.07, 6.45) is 5.21. The van der Waals surface area contributed by atoms with Crippen molar-refractivity contribution < 1.29 is 14.3 Å². The van der Waals surface area contributed by atoms with E-state index in [9.17, 15) is 9.59 Å². The van der Waals surface area contributed by atoms with E-state index in [0.29, 0.717) is 27.2 Å². The number of carbonyl (C=O) groups is 1. The molecular formula is C25H26N2O4S2. The lowest BCUT2D eigenvalue weighted by Gasteiger charge is -2.22. The van der Waals surface area contributed by atoms with Gasteiger partial charge in [-0.15, -0.1) is 11.3 Å². The highest BCUT2D eigenvalue weighted by molar-refractivity contribution is 7.10. The number of thiazole rings is 1. The molecule has 2 aromatic heterocycles. The minimum Gasteiger partial charge on any atom is -0.494 e. The Morgan fingerprint density at radius 1 is 1.21 bits per heavy atom. The molecule has 0 spiro atoms. The maximum atomic E-state index is 13.4. The van der Waals surface area contributed by atoms with Gasteiger partial charge in [-0.1, -0.05) is 49.3 Å². The lowest BCUT2D eigenvalue weighted by atomic mass is 10.0. The van der Waals surface area contributed by atoms with Gasteiger partial charge in [-0.2, -0.15) is 0 Å². The number of benzene rings is 1. The first-order valence-corrected chi connectivity index (χ1v) is 12.6. The molecule has 0 N–H and O–H groups in total. The smallest absolute Gasteiger partial charge is 0.338 e. The van der Waals surface area contributed by atoms with Gasteiger partial charge in [0, 0.05) is 4.88 Å². The second kappa shape index (κ2) is 10.3. The summed E-state index contributed by atoms with van der Waals surface area (Å²) in [7, 11) is 1.34. The van der Waals surface area contributed by atoms with Gasteiger partial charge in [0.05, 0.1) is 29.5 Å². The van der Waals surface area contributed by atoms with Crippen molar-refractivity contribution in [2.45, 2.75) is 39.2 Å².